The molecular formula is C17H31N3O. The van der Waals surface area contributed by atoms with Gasteiger partial charge in [0.15, 0.2) is 0 Å². The van der Waals surface area contributed by atoms with Gasteiger partial charge in [-0.3, -0.25) is 4.68 Å². The Balaban J connectivity index is 1.97. The second kappa shape index (κ2) is 7.95. The molecule has 0 bridgehead atoms. The van der Waals surface area contributed by atoms with Crippen molar-refractivity contribution < 1.29 is 4.74 Å². The van der Waals surface area contributed by atoms with Gasteiger partial charge in [-0.25, -0.2) is 0 Å². The van der Waals surface area contributed by atoms with Crippen LogP contribution in [0.15, 0.2) is 12.3 Å². The number of nitrogens with zero attached hydrogens (tertiary/aromatic N) is 2. The van der Waals surface area contributed by atoms with Crippen LogP contribution in [-0.4, -0.2) is 28.5 Å². The standard InChI is InChI=1S/C17H31N3O/c1-4-21-17(14-8-6-5-7-9-14)16(18)12-15-10-11-20(19-15)13(2)3/h10-11,13-14,16-17H,4-9,12,18H2,1-3H3. The van der Waals surface area contributed by atoms with Gasteiger partial charge in [0.1, 0.15) is 0 Å². The molecule has 0 radical (unpaired) electrons. The van der Waals surface area contributed by atoms with Gasteiger partial charge >= 0.3 is 0 Å². The third-order valence-corrected chi connectivity index (χ3v) is 4.53. The molecule has 4 heteroatoms. The van der Waals surface area contributed by atoms with E-state index in [0.29, 0.717) is 12.0 Å². The number of aromatic nitrogens is 2. The van der Waals surface area contributed by atoms with E-state index in [1.807, 2.05) is 10.9 Å². The zero-order valence-electron chi connectivity index (χ0n) is 13.8. The predicted molar refractivity (Wildman–Crippen MR) is 86.3 cm³/mol. The third kappa shape index (κ3) is 4.55. The van der Waals surface area contributed by atoms with Gasteiger partial charge in [0.05, 0.1) is 11.8 Å². The molecule has 1 saturated carbocycles. The molecule has 2 rings (SSSR count). The van der Waals surface area contributed by atoms with E-state index in [4.69, 9.17) is 10.5 Å². The first-order valence-corrected chi connectivity index (χ1v) is 8.53. The first-order valence-electron chi connectivity index (χ1n) is 8.53. The molecule has 0 amide bonds. The summed E-state index contributed by atoms with van der Waals surface area (Å²) in [5.41, 5.74) is 7.56. The molecule has 2 atom stereocenters. The number of hydrogen-bond donors (Lipinski definition) is 1. The molecule has 1 aliphatic carbocycles. The summed E-state index contributed by atoms with van der Waals surface area (Å²) in [5, 5.41) is 4.62. The molecular weight excluding hydrogens is 262 g/mol. The zero-order valence-corrected chi connectivity index (χ0v) is 13.8. The fourth-order valence-corrected chi connectivity index (χ4v) is 3.40. The Bertz CT molecular complexity index is 410. The average molecular weight is 293 g/mol. The fourth-order valence-electron chi connectivity index (χ4n) is 3.40. The zero-order chi connectivity index (χ0) is 15.2. The van der Waals surface area contributed by atoms with Crippen molar-refractivity contribution in [3.63, 3.8) is 0 Å². The van der Waals surface area contributed by atoms with Gasteiger partial charge in [-0.2, -0.15) is 5.10 Å². The van der Waals surface area contributed by atoms with Gasteiger partial charge in [-0.15, -0.1) is 0 Å². The summed E-state index contributed by atoms with van der Waals surface area (Å²) in [5.74, 6) is 0.626. The maximum Gasteiger partial charge on any atom is 0.0757 e. The van der Waals surface area contributed by atoms with E-state index in [-0.39, 0.29) is 12.1 Å². The van der Waals surface area contributed by atoms with Gasteiger partial charge in [-0.05, 0) is 45.6 Å². The molecule has 4 nitrogen and oxygen atoms in total. The molecule has 1 aromatic rings. The number of ether oxygens (including phenoxy) is 1. The van der Waals surface area contributed by atoms with Crippen LogP contribution in [0.5, 0.6) is 0 Å². The van der Waals surface area contributed by atoms with E-state index < -0.39 is 0 Å². The van der Waals surface area contributed by atoms with E-state index in [9.17, 15) is 0 Å². The second-order valence-electron chi connectivity index (χ2n) is 6.57. The van der Waals surface area contributed by atoms with Gasteiger partial charge in [0.2, 0.25) is 0 Å². The molecule has 2 unspecified atom stereocenters. The Morgan fingerprint density at radius 1 is 1.33 bits per heavy atom. The Morgan fingerprint density at radius 2 is 2.05 bits per heavy atom. The number of rotatable bonds is 7. The van der Waals surface area contributed by atoms with Gasteiger partial charge in [0, 0.05) is 31.3 Å². The summed E-state index contributed by atoms with van der Waals surface area (Å²) >= 11 is 0. The largest absolute Gasteiger partial charge is 0.377 e. The van der Waals surface area contributed by atoms with Crippen LogP contribution in [0.1, 0.15) is 64.6 Å². The minimum Gasteiger partial charge on any atom is -0.377 e. The summed E-state index contributed by atoms with van der Waals surface area (Å²) in [4.78, 5) is 0. The summed E-state index contributed by atoms with van der Waals surface area (Å²) in [6, 6.07) is 2.53. The smallest absolute Gasteiger partial charge is 0.0757 e. The van der Waals surface area contributed by atoms with E-state index in [2.05, 4.69) is 31.9 Å². The molecule has 120 valence electrons. The van der Waals surface area contributed by atoms with Gasteiger partial charge in [0.25, 0.3) is 0 Å². The Labute approximate surface area is 129 Å². The summed E-state index contributed by atoms with van der Waals surface area (Å²) in [6.45, 7) is 7.09. The second-order valence-corrected chi connectivity index (χ2v) is 6.57. The van der Waals surface area contributed by atoms with Crippen molar-refractivity contribution in [2.45, 2.75) is 77.5 Å². The monoisotopic (exact) mass is 293 g/mol. The highest BCUT2D eigenvalue weighted by Gasteiger charge is 2.29. The lowest BCUT2D eigenvalue weighted by atomic mass is 9.82. The van der Waals surface area contributed by atoms with Crippen molar-refractivity contribution in [2.75, 3.05) is 6.61 Å². The quantitative estimate of drug-likeness (QED) is 0.839. The van der Waals surface area contributed by atoms with Crippen molar-refractivity contribution in [3.8, 4) is 0 Å². The average Bonchev–Trinajstić information content (AvgIpc) is 2.94. The Morgan fingerprint density at radius 3 is 2.62 bits per heavy atom. The minimum atomic E-state index is 0.0450. The first kappa shape index (κ1) is 16.5. The van der Waals surface area contributed by atoms with Crippen LogP contribution < -0.4 is 5.73 Å². The Kier molecular flexibility index (Phi) is 6.24. The van der Waals surface area contributed by atoms with Crippen molar-refractivity contribution in [1.29, 1.82) is 0 Å². The fraction of sp³-hybridized carbons (Fsp3) is 0.824. The van der Waals surface area contributed by atoms with E-state index >= 15 is 0 Å². The summed E-state index contributed by atoms with van der Waals surface area (Å²) in [7, 11) is 0. The van der Waals surface area contributed by atoms with Crippen LogP contribution in [0.25, 0.3) is 0 Å². The lowest BCUT2D eigenvalue weighted by Crippen LogP contribution is -2.44. The molecule has 1 fully saturated rings. The molecule has 2 N–H and O–H groups in total. The van der Waals surface area contributed by atoms with Crippen molar-refractivity contribution >= 4 is 0 Å². The van der Waals surface area contributed by atoms with Crippen LogP contribution in [0, 0.1) is 5.92 Å². The summed E-state index contributed by atoms with van der Waals surface area (Å²) < 4.78 is 8.01. The van der Waals surface area contributed by atoms with E-state index in [1.165, 1.54) is 32.1 Å². The highest BCUT2D eigenvalue weighted by molar-refractivity contribution is 5.03. The highest BCUT2D eigenvalue weighted by Crippen LogP contribution is 2.29. The molecule has 0 aromatic carbocycles. The van der Waals surface area contributed by atoms with E-state index in [0.717, 1.165) is 18.7 Å². The van der Waals surface area contributed by atoms with Crippen LogP contribution in [-0.2, 0) is 11.2 Å². The van der Waals surface area contributed by atoms with Crippen LogP contribution in [0.3, 0.4) is 0 Å². The van der Waals surface area contributed by atoms with Crippen LogP contribution in [0.2, 0.25) is 0 Å². The molecule has 21 heavy (non-hydrogen) atoms. The van der Waals surface area contributed by atoms with Crippen molar-refractivity contribution in [1.82, 2.24) is 9.78 Å². The Hall–Kier alpha value is -0.870. The number of nitrogens with two attached hydrogens (primary N) is 1. The molecule has 1 aromatic heterocycles. The molecule has 1 heterocycles. The normalized spacial score (nSPS) is 19.9. The lowest BCUT2D eigenvalue weighted by Gasteiger charge is -2.33. The molecule has 1 aliphatic rings. The predicted octanol–water partition coefficient (Wildman–Crippen LogP) is 3.32. The number of hydrogen-bond acceptors (Lipinski definition) is 3. The lowest BCUT2D eigenvalue weighted by molar-refractivity contribution is -0.00932. The third-order valence-electron chi connectivity index (χ3n) is 4.53. The summed E-state index contributed by atoms with van der Waals surface area (Å²) in [6.07, 6.45) is 9.57. The SMILES string of the molecule is CCOC(C(N)Cc1ccn(C(C)C)n1)C1CCCCC1. The first-order chi connectivity index (χ1) is 10.1. The van der Waals surface area contributed by atoms with Crippen molar-refractivity contribution in [3.05, 3.63) is 18.0 Å². The van der Waals surface area contributed by atoms with Crippen molar-refractivity contribution in [2.24, 2.45) is 11.7 Å². The van der Waals surface area contributed by atoms with Crippen LogP contribution in [0.4, 0.5) is 0 Å². The topological polar surface area (TPSA) is 53.1 Å². The molecule has 0 spiro atoms. The van der Waals surface area contributed by atoms with Gasteiger partial charge in [-0.1, -0.05) is 19.3 Å². The van der Waals surface area contributed by atoms with Gasteiger partial charge < -0.3 is 10.5 Å². The van der Waals surface area contributed by atoms with E-state index in [1.54, 1.807) is 0 Å². The maximum absolute atomic E-state index is 6.48. The van der Waals surface area contributed by atoms with Crippen LogP contribution >= 0.6 is 0 Å². The highest BCUT2D eigenvalue weighted by atomic mass is 16.5. The molecule has 0 saturated heterocycles. The maximum atomic E-state index is 6.48. The minimum absolute atomic E-state index is 0.0450. The molecule has 0 aliphatic heterocycles.